The van der Waals surface area contributed by atoms with Gasteiger partial charge in [0.25, 0.3) is 0 Å². The topological polar surface area (TPSA) is 50.4 Å². The maximum atomic E-state index is 13.5. The summed E-state index contributed by atoms with van der Waals surface area (Å²) in [5.41, 5.74) is 7.46. The molecule has 1 saturated carbocycles. The highest BCUT2D eigenvalue weighted by molar-refractivity contribution is 5.78. The molecule has 2 atom stereocenters. The third kappa shape index (κ3) is 3.09. The van der Waals surface area contributed by atoms with Gasteiger partial charge in [0.2, 0.25) is 0 Å². The second kappa shape index (κ2) is 5.21. The van der Waals surface area contributed by atoms with Gasteiger partial charge in [-0.1, -0.05) is 30.4 Å². The van der Waals surface area contributed by atoms with E-state index in [4.69, 9.17) is 5.73 Å². The second-order valence-electron chi connectivity index (χ2n) is 4.77. The maximum Gasteiger partial charge on any atom is 0.189 e. The Hall–Kier alpha value is -1.84. The molecule has 1 aliphatic carbocycles. The van der Waals surface area contributed by atoms with E-state index < -0.39 is 0 Å². The van der Waals surface area contributed by atoms with Gasteiger partial charge in [0, 0.05) is 12.0 Å². The van der Waals surface area contributed by atoms with Gasteiger partial charge in [-0.05, 0) is 25.0 Å². The van der Waals surface area contributed by atoms with E-state index >= 15 is 0 Å². The zero-order chi connectivity index (χ0) is 13.1. The van der Waals surface area contributed by atoms with Crippen LogP contribution in [-0.2, 0) is 0 Å². The number of nitrogens with two attached hydrogens (primary N) is 1. The lowest BCUT2D eigenvalue weighted by atomic mass is 10.1. The summed E-state index contributed by atoms with van der Waals surface area (Å²) in [6, 6.07) is 7.06. The van der Waals surface area contributed by atoms with Crippen molar-refractivity contribution in [2.75, 3.05) is 6.54 Å². The fourth-order valence-electron chi connectivity index (χ4n) is 1.93. The van der Waals surface area contributed by atoms with E-state index in [2.05, 4.69) is 16.9 Å². The normalized spacial score (nSPS) is 22.7. The third-order valence-electron chi connectivity index (χ3n) is 2.95. The van der Waals surface area contributed by atoms with Gasteiger partial charge in [-0.25, -0.2) is 9.38 Å². The van der Waals surface area contributed by atoms with Gasteiger partial charge >= 0.3 is 0 Å². The molecule has 0 radical (unpaired) electrons. The van der Waals surface area contributed by atoms with E-state index in [9.17, 15) is 4.39 Å². The molecule has 4 heteroatoms. The van der Waals surface area contributed by atoms with Crippen molar-refractivity contribution in [2.24, 2.45) is 10.7 Å². The van der Waals surface area contributed by atoms with Crippen LogP contribution in [0.3, 0.4) is 0 Å². The summed E-state index contributed by atoms with van der Waals surface area (Å²) in [4.78, 5) is 4.14. The second-order valence-corrected chi connectivity index (χ2v) is 4.77. The van der Waals surface area contributed by atoms with E-state index in [0.29, 0.717) is 12.5 Å². The highest BCUT2D eigenvalue weighted by Crippen LogP contribution is 2.41. The Morgan fingerprint density at radius 3 is 2.94 bits per heavy atom. The molecule has 0 bridgehead atoms. The Morgan fingerprint density at radius 2 is 2.28 bits per heavy atom. The van der Waals surface area contributed by atoms with Crippen molar-refractivity contribution in [3.8, 4) is 0 Å². The van der Waals surface area contributed by atoms with Gasteiger partial charge in [-0.3, -0.25) is 0 Å². The van der Waals surface area contributed by atoms with Crippen LogP contribution < -0.4 is 11.1 Å². The first-order chi connectivity index (χ1) is 8.58. The molecule has 3 N–H and O–H groups in total. The number of hydrogen-bond acceptors (Lipinski definition) is 1. The first-order valence-electron chi connectivity index (χ1n) is 6.03. The summed E-state index contributed by atoms with van der Waals surface area (Å²) in [5, 5.41) is 3.10. The van der Waals surface area contributed by atoms with Gasteiger partial charge in [0.05, 0.1) is 6.54 Å². The molecule has 1 fully saturated rings. The molecule has 18 heavy (non-hydrogen) atoms. The predicted molar refractivity (Wildman–Crippen MR) is 72.0 cm³/mol. The Kier molecular flexibility index (Phi) is 3.65. The van der Waals surface area contributed by atoms with Gasteiger partial charge in [-0.15, -0.1) is 0 Å². The Bertz CT molecular complexity index is 482. The number of aliphatic imine (C=N–C) groups is 1. The number of nitrogens with zero attached hydrogens (tertiary/aromatic N) is 1. The zero-order valence-corrected chi connectivity index (χ0v) is 10.5. The maximum absolute atomic E-state index is 13.5. The van der Waals surface area contributed by atoms with E-state index in [1.807, 2.05) is 19.1 Å². The first kappa shape index (κ1) is 12.6. The minimum Gasteiger partial charge on any atom is -0.370 e. The van der Waals surface area contributed by atoms with Crippen molar-refractivity contribution in [3.63, 3.8) is 0 Å². The predicted octanol–water partition coefficient (Wildman–Crippen LogP) is 2.16. The summed E-state index contributed by atoms with van der Waals surface area (Å²) in [6.45, 7) is 6.18. The summed E-state index contributed by atoms with van der Waals surface area (Å²) in [7, 11) is 0. The number of halogens is 1. The lowest BCUT2D eigenvalue weighted by molar-refractivity contribution is 0.608. The molecule has 1 aromatic rings. The smallest absolute Gasteiger partial charge is 0.189 e. The Labute approximate surface area is 107 Å². The van der Waals surface area contributed by atoms with Crippen molar-refractivity contribution in [1.29, 1.82) is 0 Å². The largest absolute Gasteiger partial charge is 0.370 e. The van der Waals surface area contributed by atoms with Crippen LogP contribution >= 0.6 is 0 Å². The number of hydrogen-bond donors (Lipinski definition) is 2. The molecule has 0 aliphatic heterocycles. The quantitative estimate of drug-likeness (QED) is 0.486. The molecule has 0 spiro atoms. The van der Waals surface area contributed by atoms with E-state index in [-0.39, 0.29) is 17.8 Å². The number of nitrogens with one attached hydrogen (secondary N) is 1. The molecule has 1 aliphatic rings. The molecule has 1 aromatic carbocycles. The van der Waals surface area contributed by atoms with Crippen LogP contribution in [0, 0.1) is 5.82 Å². The lowest BCUT2D eigenvalue weighted by Crippen LogP contribution is -2.34. The molecule has 96 valence electrons. The average molecular weight is 247 g/mol. The molecular formula is C14H18FN3. The summed E-state index contributed by atoms with van der Waals surface area (Å²) in [5.74, 6) is 0.455. The number of rotatable bonds is 4. The van der Waals surface area contributed by atoms with E-state index in [1.165, 1.54) is 6.07 Å². The SMILES string of the molecule is C=C(C)CN=C(N)NC1CC1c1ccccc1F. The molecule has 2 unspecified atom stereocenters. The van der Waals surface area contributed by atoms with Crippen LogP contribution in [0.4, 0.5) is 4.39 Å². The Balaban J connectivity index is 1.91. The van der Waals surface area contributed by atoms with Crippen molar-refractivity contribution in [2.45, 2.75) is 25.3 Å². The van der Waals surface area contributed by atoms with Crippen molar-refractivity contribution in [1.82, 2.24) is 5.32 Å². The zero-order valence-electron chi connectivity index (χ0n) is 10.5. The van der Waals surface area contributed by atoms with Crippen LogP contribution in [0.5, 0.6) is 0 Å². The first-order valence-corrected chi connectivity index (χ1v) is 6.03. The van der Waals surface area contributed by atoms with E-state index in [1.54, 1.807) is 6.07 Å². The molecule has 0 heterocycles. The van der Waals surface area contributed by atoms with Crippen LogP contribution in [0.25, 0.3) is 0 Å². The van der Waals surface area contributed by atoms with Crippen LogP contribution in [0.2, 0.25) is 0 Å². The minimum atomic E-state index is -0.149. The highest BCUT2D eigenvalue weighted by Gasteiger charge is 2.40. The number of guanidine groups is 1. The van der Waals surface area contributed by atoms with Crippen LogP contribution in [0.1, 0.15) is 24.8 Å². The molecule has 3 nitrogen and oxygen atoms in total. The standard InChI is InChI=1S/C14H18FN3/c1-9(2)8-17-14(16)18-13-7-11(13)10-5-3-4-6-12(10)15/h3-6,11,13H,1,7-8H2,2H3,(H3,16,17,18). The van der Waals surface area contributed by atoms with Gasteiger partial charge in [0.1, 0.15) is 5.82 Å². The molecule has 0 saturated heterocycles. The Morgan fingerprint density at radius 1 is 1.56 bits per heavy atom. The van der Waals surface area contributed by atoms with Gasteiger partial charge < -0.3 is 11.1 Å². The minimum absolute atomic E-state index is 0.149. The van der Waals surface area contributed by atoms with Crippen molar-refractivity contribution in [3.05, 3.63) is 47.8 Å². The van der Waals surface area contributed by atoms with Gasteiger partial charge in [-0.2, -0.15) is 0 Å². The molecular weight excluding hydrogens is 229 g/mol. The fourth-order valence-corrected chi connectivity index (χ4v) is 1.93. The van der Waals surface area contributed by atoms with Gasteiger partial charge in [0.15, 0.2) is 5.96 Å². The van der Waals surface area contributed by atoms with Crippen LogP contribution in [-0.4, -0.2) is 18.5 Å². The third-order valence-corrected chi connectivity index (χ3v) is 2.95. The fraction of sp³-hybridized carbons (Fsp3) is 0.357. The van der Waals surface area contributed by atoms with E-state index in [0.717, 1.165) is 17.6 Å². The number of benzene rings is 1. The average Bonchev–Trinajstić information content (AvgIpc) is 3.06. The van der Waals surface area contributed by atoms with Crippen LogP contribution in [0.15, 0.2) is 41.4 Å². The molecule has 0 aromatic heterocycles. The molecule has 2 rings (SSSR count). The summed E-state index contributed by atoms with van der Waals surface area (Å²) >= 11 is 0. The summed E-state index contributed by atoms with van der Waals surface area (Å²) in [6.07, 6.45) is 0.893. The van der Waals surface area contributed by atoms with Crippen molar-refractivity contribution >= 4 is 5.96 Å². The highest BCUT2D eigenvalue weighted by atomic mass is 19.1. The summed E-state index contributed by atoms with van der Waals surface area (Å²) < 4.78 is 13.5. The van der Waals surface area contributed by atoms with Crippen molar-refractivity contribution < 1.29 is 4.39 Å². The molecule has 0 amide bonds. The monoisotopic (exact) mass is 247 g/mol. The lowest BCUT2D eigenvalue weighted by Gasteiger charge is -2.06.